The zero-order valence-electron chi connectivity index (χ0n) is 16.9. The largest absolute Gasteiger partial charge is 0.493 e. The molecule has 0 bridgehead atoms. The van der Waals surface area contributed by atoms with Crippen LogP contribution in [0.2, 0.25) is 0 Å². The summed E-state index contributed by atoms with van der Waals surface area (Å²) < 4.78 is 21.7. The van der Waals surface area contributed by atoms with Crippen molar-refractivity contribution in [2.45, 2.75) is 19.4 Å². The Morgan fingerprint density at radius 1 is 1.07 bits per heavy atom. The zero-order valence-corrected chi connectivity index (χ0v) is 16.9. The van der Waals surface area contributed by atoms with Gasteiger partial charge in [0.25, 0.3) is 0 Å². The van der Waals surface area contributed by atoms with Gasteiger partial charge in [-0.2, -0.15) is 0 Å². The first-order chi connectivity index (χ1) is 14.1. The quantitative estimate of drug-likeness (QED) is 0.572. The molecule has 0 aliphatic rings. The van der Waals surface area contributed by atoms with Crippen LogP contribution in [0.4, 0.5) is 5.82 Å². The molecule has 29 heavy (non-hydrogen) atoms. The molecule has 0 fully saturated rings. The summed E-state index contributed by atoms with van der Waals surface area (Å²) in [6.45, 7) is 1.90. The molecule has 0 aliphatic carbocycles. The average Bonchev–Trinajstić information content (AvgIpc) is 3.28. The Labute approximate surface area is 169 Å². The molecule has 0 saturated heterocycles. The van der Waals surface area contributed by atoms with Gasteiger partial charge in [-0.3, -0.25) is 9.69 Å². The minimum absolute atomic E-state index is 0.123. The highest BCUT2D eigenvalue weighted by Gasteiger charge is 2.27. The Morgan fingerprint density at radius 3 is 2.31 bits per heavy atom. The van der Waals surface area contributed by atoms with E-state index in [0.717, 1.165) is 5.56 Å². The molecule has 2 aromatic heterocycles. The van der Waals surface area contributed by atoms with Crippen molar-refractivity contribution >= 4 is 11.7 Å². The molecule has 7 heteroatoms. The Kier molecular flexibility index (Phi) is 6.39. The fourth-order valence-corrected chi connectivity index (χ4v) is 3.19. The van der Waals surface area contributed by atoms with E-state index in [1.165, 1.54) is 0 Å². The highest BCUT2D eigenvalue weighted by atomic mass is 16.5. The summed E-state index contributed by atoms with van der Waals surface area (Å²) in [4.78, 5) is 19.3. The van der Waals surface area contributed by atoms with E-state index >= 15 is 0 Å². The lowest BCUT2D eigenvalue weighted by Gasteiger charge is -2.27. The number of nitrogens with zero attached hydrogens (tertiary/aromatic N) is 2. The van der Waals surface area contributed by atoms with Crippen molar-refractivity contribution in [2.24, 2.45) is 0 Å². The summed E-state index contributed by atoms with van der Waals surface area (Å²) in [6, 6.07) is 12.3. The third kappa shape index (κ3) is 4.34. The maximum Gasteiger partial charge on any atom is 0.233 e. The van der Waals surface area contributed by atoms with Crippen molar-refractivity contribution in [3.8, 4) is 17.2 Å². The normalized spacial score (nSPS) is 11.6. The first kappa shape index (κ1) is 20.3. The molecule has 1 atom stereocenters. The predicted molar refractivity (Wildman–Crippen MR) is 109 cm³/mol. The molecule has 0 spiro atoms. The van der Waals surface area contributed by atoms with Crippen molar-refractivity contribution in [1.29, 1.82) is 0 Å². The number of methoxy groups -OCH3 is 3. The molecular formula is C22H24N2O5. The minimum atomic E-state index is -0.325. The number of anilines is 1. The van der Waals surface area contributed by atoms with Gasteiger partial charge in [0, 0.05) is 6.20 Å². The van der Waals surface area contributed by atoms with Gasteiger partial charge in [0.2, 0.25) is 11.7 Å². The molecule has 3 aromatic rings. The molecule has 0 radical (unpaired) electrons. The van der Waals surface area contributed by atoms with E-state index in [4.69, 9.17) is 18.6 Å². The summed E-state index contributed by atoms with van der Waals surface area (Å²) in [5, 5.41) is 0. The molecule has 0 N–H and O–H groups in total. The smallest absolute Gasteiger partial charge is 0.233 e. The molecule has 7 nitrogen and oxygen atoms in total. The lowest BCUT2D eigenvalue weighted by Crippen LogP contribution is -2.35. The third-order valence-electron chi connectivity index (χ3n) is 4.59. The fourth-order valence-electron chi connectivity index (χ4n) is 3.19. The monoisotopic (exact) mass is 396 g/mol. The van der Waals surface area contributed by atoms with Gasteiger partial charge in [0.15, 0.2) is 11.5 Å². The summed E-state index contributed by atoms with van der Waals surface area (Å²) in [5.41, 5.74) is 0.733. The first-order valence-electron chi connectivity index (χ1n) is 9.14. The van der Waals surface area contributed by atoms with E-state index in [1.54, 1.807) is 63.0 Å². The van der Waals surface area contributed by atoms with E-state index in [9.17, 15) is 4.79 Å². The van der Waals surface area contributed by atoms with E-state index in [1.807, 2.05) is 25.1 Å². The van der Waals surface area contributed by atoms with Gasteiger partial charge in [-0.1, -0.05) is 6.07 Å². The molecule has 3 rings (SSSR count). The number of benzene rings is 1. The molecule has 0 aliphatic heterocycles. The average molecular weight is 396 g/mol. The Hall–Kier alpha value is -3.48. The van der Waals surface area contributed by atoms with Crippen molar-refractivity contribution in [3.63, 3.8) is 0 Å². The molecule has 2 heterocycles. The molecular weight excluding hydrogens is 372 g/mol. The van der Waals surface area contributed by atoms with Crippen LogP contribution >= 0.6 is 0 Å². The number of aromatic nitrogens is 1. The number of rotatable bonds is 8. The van der Waals surface area contributed by atoms with E-state index in [0.29, 0.717) is 28.8 Å². The van der Waals surface area contributed by atoms with Crippen molar-refractivity contribution < 1.29 is 23.4 Å². The molecule has 1 amide bonds. The van der Waals surface area contributed by atoms with Gasteiger partial charge in [-0.05, 0) is 48.9 Å². The first-order valence-corrected chi connectivity index (χ1v) is 9.14. The topological polar surface area (TPSA) is 74.0 Å². The van der Waals surface area contributed by atoms with E-state index < -0.39 is 0 Å². The van der Waals surface area contributed by atoms with Gasteiger partial charge in [-0.25, -0.2) is 4.98 Å². The van der Waals surface area contributed by atoms with Crippen LogP contribution in [0.25, 0.3) is 0 Å². The number of furan rings is 1. The lowest BCUT2D eigenvalue weighted by atomic mass is 10.1. The second kappa shape index (κ2) is 9.14. The molecule has 152 valence electrons. The Balaban J connectivity index is 1.95. The van der Waals surface area contributed by atoms with Crippen molar-refractivity contribution in [1.82, 2.24) is 4.98 Å². The van der Waals surface area contributed by atoms with Gasteiger partial charge in [0.05, 0.1) is 40.1 Å². The summed E-state index contributed by atoms with van der Waals surface area (Å²) >= 11 is 0. The fraction of sp³-hybridized carbons (Fsp3) is 0.273. The SMILES string of the molecule is COc1cc(CC(=O)N(c2ccccn2)C(C)c2ccco2)cc(OC)c1OC. The standard InChI is InChI=1S/C22H24N2O5/c1-15(17-8-7-11-29-17)24(20-9-5-6-10-23-20)21(25)14-16-12-18(26-2)22(28-4)19(13-16)27-3/h5-13,15H,14H2,1-4H3. The second-order valence-corrected chi connectivity index (χ2v) is 6.35. The number of amides is 1. The van der Waals surface area contributed by atoms with Crippen molar-refractivity contribution in [3.05, 3.63) is 66.2 Å². The van der Waals surface area contributed by atoms with Gasteiger partial charge < -0.3 is 18.6 Å². The second-order valence-electron chi connectivity index (χ2n) is 6.35. The number of pyridine rings is 1. The molecule has 1 unspecified atom stereocenters. The Morgan fingerprint density at radius 2 is 1.79 bits per heavy atom. The van der Waals surface area contributed by atoms with Crippen LogP contribution in [-0.2, 0) is 11.2 Å². The highest BCUT2D eigenvalue weighted by molar-refractivity contribution is 5.94. The van der Waals surface area contributed by atoms with Gasteiger partial charge in [-0.15, -0.1) is 0 Å². The summed E-state index contributed by atoms with van der Waals surface area (Å²) in [7, 11) is 4.63. The van der Waals surface area contributed by atoms with Crippen LogP contribution < -0.4 is 19.1 Å². The zero-order chi connectivity index (χ0) is 20.8. The summed E-state index contributed by atoms with van der Waals surface area (Å²) in [5.74, 6) is 2.57. The number of hydrogen-bond donors (Lipinski definition) is 0. The molecule has 0 saturated carbocycles. The minimum Gasteiger partial charge on any atom is -0.493 e. The van der Waals surface area contributed by atoms with Gasteiger partial charge >= 0.3 is 0 Å². The summed E-state index contributed by atoms with van der Waals surface area (Å²) in [6.07, 6.45) is 3.37. The van der Waals surface area contributed by atoms with Crippen LogP contribution in [0.3, 0.4) is 0 Å². The lowest BCUT2D eigenvalue weighted by molar-refractivity contribution is -0.118. The number of carbonyl (C=O) groups excluding carboxylic acids is 1. The van der Waals surface area contributed by atoms with E-state index in [2.05, 4.69) is 4.98 Å². The number of hydrogen-bond acceptors (Lipinski definition) is 6. The maximum absolute atomic E-state index is 13.3. The highest BCUT2D eigenvalue weighted by Crippen LogP contribution is 2.38. The maximum atomic E-state index is 13.3. The number of carbonyl (C=O) groups is 1. The van der Waals surface area contributed by atoms with Crippen LogP contribution in [0.15, 0.2) is 59.3 Å². The van der Waals surface area contributed by atoms with Crippen molar-refractivity contribution in [2.75, 3.05) is 26.2 Å². The van der Waals surface area contributed by atoms with Crippen LogP contribution in [0, 0.1) is 0 Å². The van der Waals surface area contributed by atoms with Crippen LogP contribution in [-0.4, -0.2) is 32.2 Å². The molecule has 1 aromatic carbocycles. The van der Waals surface area contributed by atoms with E-state index in [-0.39, 0.29) is 18.4 Å². The predicted octanol–water partition coefficient (Wildman–Crippen LogP) is 4.04. The van der Waals surface area contributed by atoms with Gasteiger partial charge in [0.1, 0.15) is 11.6 Å². The number of ether oxygens (including phenoxy) is 3. The Bertz CT molecular complexity index is 916. The van der Waals surface area contributed by atoms with Crippen LogP contribution in [0.5, 0.6) is 17.2 Å². The third-order valence-corrected chi connectivity index (χ3v) is 4.59. The van der Waals surface area contributed by atoms with Crippen LogP contribution in [0.1, 0.15) is 24.3 Å².